The molecule has 7 heteroatoms. The normalized spacial score (nSPS) is 15.8. The van der Waals surface area contributed by atoms with Crippen molar-refractivity contribution >= 4 is 34.7 Å². The molecule has 2 atom stereocenters. The van der Waals surface area contributed by atoms with Gasteiger partial charge in [-0.1, -0.05) is 48.5 Å². The summed E-state index contributed by atoms with van der Waals surface area (Å²) in [5, 5.41) is 6.09. The summed E-state index contributed by atoms with van der Waals surface area (Å²) in [6.07, 6.45) is 1.89. The predicted octanol–water partition coefficient (Wildman–Crippen LogP) is 4.42. The van der Waals surface area contributed by atoms with Crippen LogP contribution in [0.4, 0.5) is 5.69 Å². The van der Waals surface area contributed by atoms with Gasteiger partial charge in [0.15, 0.2) is 0 Å². The van der Waals surface area contributed by atoms with Gasteiger partial charge in [0.05, 0.1) is 11.6 Å². The lowest BCUT2D eigenvalue weighted by molar-refractivity contribution is -0.130. The summed E-state index contributed by atoms with van der Waals surface area (Å²) in [7, 11) is 0. The molecule has 0 aliphatic carbocycles. The molecule has 1 aromatic heterocycles. The maximum absolute atomic E-state index is 13.3. The van der Waals surface area contributed by atoms with Crippen LogP contribution in [0.3, 0.4) is 0 Å². The number of fused-ring (bicyclic) bond motifs is 3. The van der Waals surface area contributed by atoms with E-state index in [1.165, 1.54) is 9.89 Å². The molecule has 0 radical (unpaired) electrons. The van der Waals surface area contributed by atoms with Crippen molar-refractivity contribution in [3.63, 3.8) is 0 Å². The lowest BCUT2D eigenvalue weighted by Crippen LogP contribution is -2.54. The highest BCUT2D eigenvalue weighted by Crippen LogP contribution is 2.39. The third-order valence-corrected chi connectivity index (χ3v) is 6.79. The Morgan fingerprint density at radius 3 is 2.52 bits per heavy atom. The Labute approximate surface area is 197 Å². The molecular weight excluding hydrogens is 434 g/mol. The Hall–Kier alpha value is -3.45. The second-order valence-electron chi connectivity index (χ2n) is 8.20. The van der Waals surface area contributed by atoms with Crippen LogP contribution in [0.15, 0.2) is 66.0 Å². The van der Waals surface area contributed by atoms with E-state index in [0.29, 0.717) is 18.5 Å². The third-order valence-electron chi connectivity index (χ3n) is 5.85. The Morgan fingerprint density at radius 2 is 1.76 bits per heavy atom. The van der Waals surface area contributed by atoms with E-state index in [1.54, 1.807) is 18.3 Å². The van der Waals surface area contributed by atoms with Crippen molar-refractivity contribution in [2.24, 2.45) is 0 Å². The maximum Gasteiger partial charge on any atom is 0.261 e. The van der Waals surface area contributed by atoms with E-state index in [9.17, 15) is 14.4 Å². The molecule has 2 heterocycles. The highest BCUT2D eigenvalue weighted by atomic mass is 32.1. The van der Waals surface area contributed by atoms with Crippen LogP contribution < -0.4 is 15.8 Å². The third kappa shape index (κ3) is 4.98. The minimum absolute atomic E-state index is 0.183. The van der Waals surface area contributed by atoms with Crippen molar-refractivity contribution in [3.8, 4) is 11.1 Å². The summed E-state index contributed by atoms with van der Waals surface area (Å²) in [4.78, 5) is 39.8. The van der Waals surface area contributed by atoms with Crippen molar-refractivity contribution in [2.45, 2.75) is 45.1 Å². The summed E-state index contributed by atoms with van der Waals surface area (Å²) in [5.74, 6) is -1.29. The molecular formula is C26H27N3O3S. The van der Waals surface area contributed by atoms with Crippen LogP contribution in [0.25, 0.3) is 11.1 Å². The van der Waals surface area contributed by atoms with Crippen LogP contribution in [0.5, 0.6) is 0 Å². The lowest BCUT2D eigenvalue weighted by atomic mass is 9.92. The van der Waals surface area contributed by atoms with E-state index >= 15 is 0 Å². The first kappa shape index (κ1) is 22.7. The topological polar surface area (TPSA) is 78.5 Å². The predicted molar refractivity (Wildman–Crippen MR) is 131 cm³/mol. The first-order valence-electron chi connectivity index (χ1n) is 11.1. The van der Waals surface area contributed by atoms with Gasteiger partial charge in [-0.3, -0.25) is 19.8 Å². The number of rotatable bonds is 7. The molecule has 33 heavy (non-hydrogen) atoms. The molecule has 1 aliphatic heterocycles. The van der Waals surface area contributed by atoms with Gasteiger partial charge in [-0.2, -0.15) is 0 Å². The highest BCUT2D eigenvalue weighted by Gasteiger charge is 2.33. The zero-order valence-corrected chi connectivity index (χ0v) is 19.5. The van der Waals surface area contributed by atoms with Gasteiger partial charge >= 0.3 is 0 Å². The van der Waals surface area contributed by atoms with E-state index in [0.717, 1.165) is 23.1 Å². The smallest absolute Gasteiger partial charge is 0.261 e. The average Bonchev–Trinajstić information content (AvgIpc) is 3.32. The van der Waals surface area contributed by atoms with E-state index in [2.05, 4.69) is 10.7 Å². The van der Waals surface area contributed by atoms with Crippen molar-refractivity contribution in [2.75, 3.05) is 5.01 Å². The van der Waals surface area contributed by atoms with Crippen molar-refractivity contribution in [3.05, 3.63) is 76.5 Å². The van der Waals surface area contributed by atoms with Gasteiger partial charge in [0, 0.05) is 16.9 Å². The van der Waals surface area contributed by atoms with Crippen LogP contribution in [0.2, 0.25) is 0 Å². The molecule has 3 amide bonds. The van der Waals surface area contributed by atoms with Crippen LogP contribution in [0, 0.1) is 0 Å². The average molecular weight is 462 g/mol. The van der Waals surface area contributed by atoms with Gasteiger partial charge in [-0.25, -0.2) is 5.01 Å². The van der Waals surface area contributed by atoms with Gasteiger partial charge < -0.3 is 5.32 Å². The summed E-state index contributed by atoms with van der Waals surface area (Å²) in [6.45, 7) is 3.46. The van der Waals surface area contributed by atoms with Gasteiger partial charge in [0.1, 0.15) is 6.04 Å². The monoisotopic (exact) mass is 461 g/mol. The molecule has 2 N–H and O–H groups in total. The fraction of sp³-hybridized carbons (Fsp3) is 0.269. The number of benzene rings is 2. The Balaban J connectivity index is 1.44. The van der Waals surface area contributed by atoms with Crippen LogP contribution in [-0.2, 0) is 20.8 Å². The summed E-state index contributed by atoms with van der Waals surface area (Å²) >= 11 is 1.67. The summed E-state index contributed by atoms with van der Waals surface area (Å²) < 4.78 is 0. The molecule has 0 fully saturated rings. The Morgan fingerprint density at radius 1 is 1.03 bits per heavy atom. The van der Waals surface area contributed by atoms with E-state index in [-0.39, 0.29) is 11.8 Å². The second kappa shape index (κ2) is 10.0. The first-order valence-corrected chi connectivity index (χ1v) is 12.0. The fourth-order valence-electron chi connectivity index (χ4n) is 4.04. The number of thiophene rings is 1. The van der Waals surface area contributed by atoms with Gasteiger partial charge in [0.2, 0.25) is 5.91 Å². The number of nitrogens with one attached hydrogen (secondary N) is 2. The van der Waals surface area contributed by atoms with E-state index in [4.69, 9.17) is 0 Å². The van der Waals surface area contributed by atoms with Gasteiger partial charge in [0.25, 0.3) is 11.8 Å². The minimum atomic E-state index is -0.778. The number of carbonyl (C=O) groups excluding carboxylic acids is 3. The Bertz CT molecular complexity index is 1160. The fourth-order valence-corrected chi connectivity index (χ4v) is 4.79. The molecule has 0 saturated carbocycles. The zero-order chi connectivity index (χ0) is 23.4. The molecule has 4 rings (SSSR count). The van der Waals surface area contributed by atoms with Crippen molar-refractivity contribution < 1.29 is 14.4 Å². The van der Waals surface area contributed by atoms with Gasteiger partial charge in [-0.05, 0) is 55.3 Å². The number of hydrogen-bond acceptors (Lipinski definition) is 4. The molecule has 0 bridgehead atoms. The summed E-state index contributed by atoms with van der Waals surface area (Å²) in [6, 6.07) is 18.6. The quantitative estimate of drug-likeness (QED) is 0.547. The number of amides is 3. The van der Waals surface area contributed by atoms with Crippen molar-refractivity contribution in [1.82, 2.24) is 10.7 Å². The Kier molecular flexibility index (Phi) is 6.89. The maximum atomic E-state index is 13.3. The second-order valence-corrected chi connectivity index (χ2v) is 9.23. The number of carbonyl (C=O) groups is 3. The van der Waals surface area contributed by atoms with Crippen LogP contribution in [0.1, 0.15) is 43.0 Å². The van der Waals surface area contributed by atoms with Crippen LogP contribution >= 0.6 is 11.3 Å². The summed E-state index contributed by atoms with van der Waals surface area (Å²) in [5.41, 5.74) is 6.12. The number of hydrazine groups is 1. The van der Waals surface area contributed by atoms with Crippen molar-refractivity contribution in [1.29, 1.82) is 0 Å². The molecule has 2 aromatic carbocycles. The van der Waals surface area contributed by atoms with E-state index in [1.807, 2.05) is 73.0 Å². The molecule has 0 saturated heterocycles. The minimum Gasteiger partial charge on any atom is -0.345 e. The number of anilines is 1. The SMILES string of the molecule is CC1C(=O)N(NC(=O)[C@H](C)NC(=O)CCCc2cccs2)c2ccccc2-c2ccccc21. The number of para-hydroxylation sites is 1. The largest absolute Gasteiger partial charge is 0.345 e. The first-order chi connectivity index (χ1) is 16.0. The molecule has 1 aliphatic rings. The lowest BCUT2D eigenvalue weighted by Gasteiger charge is -2.27. The van der Waals surface area contributed by atoms with E-state index < -0.39 is 17.9 Å². The molecule has 170 valence electrons. The highest BCUT2D eigenvalue weighted by molar-refractivity contribution is 7.09. The number of aryl methyl sites for hydroxylation is 1. The molecule has 6 nitrogen and oxygen atoms in total. The number of hydrogen-bond donors (Lipinski definition) is 2. The van der Waals surface area contributed by atoms with Crippen LogP contribution in [-0.4, -0.2) is 23.8 Å². The molecule has 0 spiro atoms. The van der Waals surface area contributed by atoms with Gasteiger partial charge in [-0.15, -0.1) is 11.3 Å². The standard InChI is InChI=1S/C26H27N3O3S/c1-17-20-11-3-4-12-21(20)22-13-5-6-14-23(22)29(26(17)32)28-25(31)18(2)27-24(30)15-7-9-19-10-8-16-33-19/h3-6,8,10-14,16-18H,7,9,15H2,1-2H3,(H,27,30)(H,28,31)/t17?,18-/m0/s1. The molecule has 1 unspecified atom stereocenters. The number of nitrogens with zero attached hydrogens (tertiary/aromatic N) is 1. The zero-order valence-electron chi connectivity index (χ0n) is 18.7. The molecule has 3 aromatic rings.